The lowest BCUT2D eigenvalue weighted by molar-refractivity contribution is -0.159. The Hall–Kier alpha value is -1.39. The number of amides is 2. The van der Waals surface area contributed by atoms with E-state index in [0.717, 1.165) is 19.3 Å². The number of hydrogen-bond donors (Lipinski definition) is 1. The molecule has 2 amide bonds. The van der Waals surface area contributed by atoms with Crippen LogP contribution in [0.25, 0.3) is 0 Å². The van der Waals surface area contributed by atoms with E-state index >= 15 is 0 Å². The van der Waals surface area contributed by atoms with Gasteiger partial charge in [-0.3, -0.25) is 19.3 Å². The highest BCUT2D eigenvalue weighted by Crippen LogP contribution is 2.31. The minimum absolute atomic E-state index is 0.0385. The lowest BCUT2D eigenvalue weighted by atomic mass is 9.86. The first-order valence-electron chi connectivity index (χ1n) is 5.67. The molecule has 1 unspecified atom stereocenters. The van der Waals surface area contributed by atoms with Crippen LogP contribution in [0.2, 0.25) is 0 Å². The molecule has 0 aromatic rings. The van der Waals surface area contributed by atoms with Crippen molar-refractivity contribution in [2.45, 2.75) is 44.6 Å². The maximum Gasteiger partial charge on any atom is 0.304 e. The van der Waals surface area contributed by atoms with E-state index in [-0.39, 0.29) is 24.3 Å². The second-order valence-corrected chi connectivity index (χ2v) is 4.52. The Balaban J connectivity index is 2.07. The zero-order valence-corrected chi connectivity index (χ0v) is 9.02. The van der Waals surface area contributed by atoms with Crippen LogP contribution in [-0.4, -0.2) is 33.8 Å². The Morgan fingerprint density at radius 2 is 2.00 bits per heavy atom. The summed E-state index contributed by atoms with van der Waals surface area (Å²) in [5.74, 6) is -1.88. The van der Waals surface area contributed by atoms with Gasteiger partial charge in [-0.25, -0.2) is 0 Å². The summed E-state index contributed by atoms with van der Waals surface area (Å²) in [7, 11) is 0. The second-order valence-electron chi connectivity index (χ2n) is 4.52. The van der Waals surface area contributed by atoms with Crippen LogP contribution >= 0.6 is 0 Å². The van der Waals surface area contributed by atoms with Crippen molar-refractivity contribution >= 4 is 17.8 Å². The first kappa shape index (κ1) is 11.1. The van der Waals surface area contributed by atoms with Gasteiger partial charge in [0.05, 0.1) is 6.42 Å². The summed E-state index contributed by atoms with van der Waals surface area (Å²) in [6.45, 7) is 0. The van der Waals surface area contributed by atoms with Crippen LogP contribution in [0.1, 0.15) is 38.5 Å². The average Bonchev–Trinajstić information content (AvgIpc) is 2.13. The molecule has 1 heterocycles. The maximum atomic E-state index is 11.9. The molecule has 0 radical (unpaired) electrons. The van der Waals surface area contributed by atoms with Crippen LogP contribution < -0.4 is 0 Å². The molecule has 0 aromatic heterocycles. The standard InChI is InChI=1S/C11H15NO4/c13-9-5-4-7(6-10(14)15)11(16)12(9)8-2-1-3-8/h7-8H,1-6H2,(H,14,15). The monoisotopic (exact) mass is 225 g/mol. The van der Waals surface area contributed by atoms with Crippen LogP contribution in [0.15, 0.2) is 0 Å². The van der Waals surface area contributed by atoms with Gasteiger partial charge in [-0.05, 0) is 25.7 Å². The Labute approximate surface area is 93.4 Å². The molecule has 1 saturated heterocycles. The molecule has 2 aliphatic rings. The summed E-state index contributed by atoms with van der Waals surface area (Å²) < 4.78 is 0. The van der Waals surface area contributed by atoms with Gasteiger partial charge in [0.1, 0.15) is 0 Å². The quantitative estimate of drug-likeness (QED) is 0.720. The fraction of sp³-hybridized carbons (Fsp3) is 0.727. The van der Waals surface area contributed by atoms with Crippen molar-refractivity contribution < 1.29 is 19.5 Å². The molecule has 1 N–H and O–H groups in total. The first-order chi connectivity index (χ1) is 7.59. The third kappa shape index (κ3) is 1.94. The third-order valence-electron chi connectivity index (χ3n) is 3.42. The summed E-state index contributed by atoms with van der Waals surface area (Å²) in [5, 5.41) is 8.69. The van der Waals surface area contributed by atoms with Crippen molar-refractivity contribution in [1.82, 2.24) is 4.90 Å². The smallest absolute Gasteiger partial charge is 0.304 e. The Kier molecular flexibility index (Phi) is 2.94. The number of likely N-dealkylation sites (tertiary alicyclic amines) is 1. The summed E-state index contributed by atoms with van der Waals surface area (Å²) >= 11 is 0. The summed E-state index contributed by atoms with van der Waals surface area (Å²) in [6, 6.07) is 0.0385. The van der Waals surface area contributed by atoms with Gasteiger partial charge in [-0.1, -0.05) is 0 Å². The Bertz CT molecular complexity index is 335. The number of rotatable bonds is 3. The Morgan fingerprint density at radius 1 is 1.31 bits per heavy atom. The molecule has 88 valence electrons. The van der Waals surface area contributed by atoms with Crippen LogP contribution in [0, 0.1) is 5.92 Å². The van der Waals surface area contributed by atoms with E-state index in [1.807, 2.05) is 0 Å². The van der Waals surface area contributed by atoms with Gasteiger partial charge in [0.25, 0.3) is 0 Å². The van der Waals surface area contributed by atoms with E-state index in [1.165, 1.54) is 4.90 Å². The van der Waals surface area contributed by atoms with Crippen molar-refractivity contribution in [2.24, 2.45) is 5.92 Å². The van der Waals surface area contributed by atoms with E-state index < -0.39 is 11.9 Å². The van der Waals surface area contributed by atoms with Crippen molar-refractivity contribution in [3.8, 4) is 0 Å². The van der Waals surface area contributed by atoms with Gasteiger partial charge >= 0.3 is 5.97 Å². The molecule has 5 nitrogen and oxygen atoms in total. The number of hydrogen-bond acceptors (Lipinski definition) is 3. The molecule has 1 saturated carbocycles. The molecule has 0 aromatic carbocycles. The minimum atomic E-state index is -0.971. The molecule has 0 bridgehead atoms. The number of nitrogens with zero attached hydrogens (tertiary/aromatic N) is 1. The first-order valence-corrected chi connectivity index (χ1v) is 5.67. The number of carbonyl (C=O) groups excluding carboxylic acids is 2. The van der Waals surface area contributed by atoms with E-state index in [0.29, 0.717) is 12.8 Å². The molecular formula is C11H15NO4. The number of aliphatic carboxylic acids is 1. The summed E-state index contributed by atoms with van der Waals surface area (Å²) in [6.07, 6.45) is 3.32. The largest absolute Gasteiger partial charge is 0.481 e. The summed E-state index contributed by atoms with van der Waals surface area (Å²) in [4.78, 5) is 35.5. The predicted octanol–water partition coefficient (Wildman–Crippen LogP) is 0.779. The van der Waals surface area contributed by atoms with Crippen molar-refractivity contribution in [1.29, 1.82) is 0 Å². The number of carboxylic acids is 1. The van der Waals surface area contributed by atoms with Gasteiger partial charge in [0.2, 0.25) is 11.8 Å². The van der Waals surface area contributed by atoms with Gasteiger partial charge in [0, 0.05) is 18.4 Å². The lowest BCUT2D eigenvalue weighted by Gasteiger charge is -2.40. The topological polar surface area (TPSA) is 74.7 Å². The van der Waals surface area contributed by atoms with Crippen LogP contribution in [0.4, 0.5) is 0 Å². The van der Waals surface area contributed by atoms with Crippen LogP contribution in [0.5, 0.6) is 0 Å². The second kappa shape index (κ2) is 4.23. The predicted molar refractivity (Wildman–Crippen MR) is 54.5 cm³/mol. The fourth-order valence-corrected chi connectivity index (χ4v) is 2.29. The van der Waals surface area contributed by atoms with Gasteiger partial charge in [0.15, 0.2) is 0 Å². The van der Waals surface area contributed by atoms with Crippen LogP contribution in [0.3, 0.4) is 0 Å². The third-order valence-corrected chi connectivity index (χ3v) is 3.42. The molecule has 1 atom stereocenters. The van der Waals surface area contributed by atoms with Crippen molar-refractivity contribution in [3.63, 3.8) is 0 Å². The van der Waals surface area contributed by atoms with E-state index in [2.05, 4.69) is 0 Å². The molecule has 2 rings (SSSR count). The molecular weight excluding hydrogens is 210 g/mol. The van der Waals surface area contributed by atoms with Crippen molar-refractivity contribution in [2.75, 3.05) is 0 Å². The molecule has 5 heteroatoms. The number of carboxylic acid groups (broad SMARTS) is 1. The SMILES string of the molecule is O=C(O)CC1CCC(=O)N(C2CCC2)C1=O. The number of carbonyl (C=O) groups is 3. The fourth-order valence-electron chi connectivity index (χ4n) is 2.29. The lowest BCUT2D eigenvalue weighted by Crippen LogP contribution is -2.53. The molecule has 1 aliphatic carbocycles. The minimum Gasteiger partial charge on any atom is -0.481 e. The molecule has 16 heavy (non-hydrogen) atoms. The van der Waals surface area contributed by atoms with Gasteiger partial charge in [-0.2, -0.15) is 0 Å². The van der Waals surface area contributed by atoms with Gasteiger partial charge in [-0.15, -0.1) is 0 Å². The van der Waals surface area contributed by atoms with Gasteiger partial charge < -0.3 is 5.11 Å². The van der Waals surface area contributed by atoms with E-state index in [1.54, 1.807) is 0 Å². The normalized spacial score (nSPS) is 26.8. The molecule has 2 fully saturated rings. The zero-order valence-electron chi connectivity index (χ0n) is 9.02. The maximum absolute atomic E-state index is 11.9. The Morgan fingerprint density at radius 3 is 2.50 bits per heavy atom. The van der Waals surface area contributed by atoms with E-state index in [9.17, 15) is 14.4 Å². The average molecular weight is 225 g/mol. The summed E-state index contributed by atoms with van der Waals surface area (Å²) in [5.41, 5.74) is 0. The molecule has 0 spiro atoms. The van der Waals surface area contributed by atoms with Crippen molar-refractivity contribution in [3.05, 3.63) is 0 Å². The van der Waals surface area contributed by atoms with Crippen LogP contribution in [-0.2, 0) is 14.4 Å². The van der Waals surface area contributed by atoms with E-state index in [4.69, 9.17) is 5.11 Å². The zero-order chi connectivity index (χ0) is 11.7. The highest BCUT2D eigenvalue weighted by molar-refractivity contribution is 6.00. The highest BCUT2D eigenvalue weighted by atomic mass is 16.4. The number of imide groups is 1. The highest BCUT2D eigenvalue weighted by Gasteiger charge is 2.40. The molecule has 1 aliphatic heterocycles. The number of piperidine rings is 1.